The van der Waals surface area contributed by atoms with Gasteiger partial charge in [-0.25, -0.2) is 0 Å². The number of morpholine rings is 1. The molecular weight excluding hydrogens is 426 g/mol. The Bertz CT molecular complexity index is 866. The van der Waals surface area contributed by atoms with Crippen molar-refractivity contribution in [2.45, 2.75) is 63.9 Å². The number of hydrogen-bond donors (Lipinski definition) is 1. The second-order valence-electron chi connectivity index (χ2n) is 11.8. The lowest BCUT2D eigenvalue weighted by Crippen LogP contribution is -2.49. The Hall–Kier alpha value is -1.63. The average molecular weight is 470 g/mol. The molecule has 2 saturated heterocycles. The summed E-state index contributed by atoms with van der Waals surface area (Å²) in [4.78, 5) is 20.0. The molecule has 188 valence electrons. The van der Waals surface area contributed by atoms with Crippen molar-refractivity contribution >= 4 is 11.6 Å². The lowest BCUT2D eigenvalue weighted by Gasteiger charge is -2.42. The Labute approximate surface area is 205 Å². The summed E-state index contributed by atoms with van der Waals surface area (Å²) in [6.07, 6.45) is 6.70. The largest absolute Gasteiger partial charge is 0.390 e. The van der Waals surface area contributed by atoms with Crippen molar-refractivity contribution < 1.29 is 14.6 Å². The average Bonchev–Trinajstić information content (AvgIpc) is 2.92. The van der Waals surface area contributed by atoms with E-state index in [0.717, 1.165) is 56.8 Å². The van der Waals surface area contributed by atoms with E-state index < -0.39 is 6.10 Å². The Kier molecular flexibility index (Phi) is 7.19. The second kappa shape index (κ2) is 10.2. The van der Waals surface area contributed by atoms with E-state index in [9.17, 15) is 9.90 Å². The molecule has 0 radical (unpaired) electrons. The molecule has 1 N–H and O–H groups in total. The fourth-order valence-electron chi connectivity index (χ4n) is 6.91. The van der Waals surface area contributed by atoms with Gasteiger partial charge in [0, 0.05) is 50.4 Å². The second-order valence-corrected chi connectivity index (χ2v) is 11.8. The molecule has 1 aliphatic carbocycles. The van der Waals surface area contributed by atoms with Crippen LogP contribution in [0.25, 0.3) is 0 Å². The maximum absolute atomic E-state index is 13.2. The van der Waals surface area contributed by atoms with Crippen LogP contribution in [0.5, 0.6) is 0 Å². The van der Waals surface area contributed by atoms with Gasteiger partial charge in [-0.3, -0.25) is 4.79 Å². The van der Waals surface area contributed by atoms with E-state index in [1.165, 1.54) is 43.4 Å². The number of carbonyl (C=O) groups is 1. The van der Waals surface area contributed by atoms with Crippen LogP contribution in [-0.4, -0.2) is 85.9 Å². The van der Waals surface area contributed by atoms with Crippen LogP contribution in [0.2, 0.25) is 0 Å². The minimum absolute atomic E-state index is 0.135. The van der Waals surface area contributed by atoms with E-state index in [2.05, 4.69) is 41.8 Å². The smallest absolute Gasteiger partial charge is 0.227 e. The number of β-amino-alcohol motifs (C(OH)–C–C–N with tert-alkyl or cyclic N) is 1. The van der Waals surface area contributed by atoms with Gasteiger partial charge in [-0.05, 0) is 54.5 Å². The number of amides is 1. The van der Waals surface area contributed by atoms with Gasteiger partial charge in [0.05, 0.1) is 25.7 Å². The Morgan fingerprint density at radius 2 is 1.82 bits per heavy atom. The molecule has 5 rings (SSSR count). The third kappa shape index (κ3) is 5.29. The number of aliphatic hydroxyl groups excluding tert-OH is 1. The van der Waals surface area contributed by atoms with Gasteiger partial charge in [-0.1, -0.05) is 39.2 Å². The van der Waals surface area contributed by atoms with Crippen LogP contribution in [-0.2, 0) is 21.4 Å². The first-order valence-corrected chi connectivity index (χ1v) is 13.5. The fraction of sp³-hybridized carbons (Fsp3) is 0.750. The molecule has 0 bridgehead atoms. The summed E-state index contributed by atoms with van der Waals surface area (Å²) in [6, 6.07) is 6.60. The number of likely N-dealkylation sites (tertiary alicyclic amines) is 1. The molecule has 3 fully saturated rings. The third-order valence-electron chi connectivity index (χ3n) is 8.75. The van der Waals surface area contributed by atoms with E-state index in [-0.39, 0.29) is 11.3 Å². The molecule has 0 aromatic heterocycles. The number of anilines is 1. The molecule has 1 saturated carbocycles. The number of piperidine rings is 1. The highest BCUT2D eigenvalue weighted by atomic mass is 16.5. The molecular formula is C28H43N3O3. The number of aliphatic hydroxyl groups is 1. The van der Waals surface area contributed by atoms with E-state index in [1.807, 2.05) is 4.90 Å². The number of fused-ring (bicyclic) bond motifs is 2. The van der Waals surface area contributed by atoms with Gasteiger partial charge in [0.15, 0.2) is 0 Å². The van der Waals surface area contributed by atoms with Gasteiger partial charge in [-0.15, -0.1) is 0 Å². The van der Waals surface area contributed by atoms with Crippen LogP contribution in [0.1, 0.15) is 57.1 Å². The van der Waals surface area contributed by atoms with E-state index in [0.29, 0.717) is 26.1 Å². The van der Waals surface area contributed by atoms with E-state index in [1.54, 1.807) is 0 Å². The minimum Gasteiger partial charge on any atom is -0.390 e. The van der Waals surface area contributed by atoms with Crippen LogP contribution in [0.3, 0.4) is 0 Å². The summed E-state index contributed by atoms with van der Waals surface area (Å²) < 4.78 is 5.52. The van der Waals surface area contributed by atoms with Crippen LogP contribution >= 0.6 is 0 Å². The van der Waals surface area contributed by atoms with Crippen LogP contribution in [0.4, 0.5) is 5.69 Å². The third-order valence-corrected chi connectivity index (χ3v) is 8.75. The predicted molar refractivity (Wildman–Crippen MR) is 135 cm³/mol. The summed E-state index contributed by atoms with van der Waals surface area (Å²) >= 11 is 0. The number of benzene rings is 1. The monoisotopic (exact) mass is 469 g/mol. The van der Waals surface area contributed by atoms with Gasteiger partial charge in [-0.2, -0.15) is 0 Å². The zero-order valence-electron chi connectivity index (χ0n) is 21.2. The normalized spacial score (nSPS) is 28.7. The van der Waals surface area contributed by atoms with Crippen LogP contribution in [0, 0.1) is 11.8 Å². The molecule has 1 aromatic rings. The number of nitrogens with zero attached hydrogens (tertiary/aromatic N) is 3. The van der Waals surface area contributed by atoms with Gasteiger partial charge in [0.25, 0.3) is 0 Å². The summed E-state index contributed by atoms with van der Waals surface area (Å²) in [6.45, 7) is 11.8. The minimum atomic E-state index is -0.495. The zero-order chi connectivity index (χ0) is 23.7. The van der Waals surface area contributed by atoms with Crippen molar-refractivity contribution in [1.29, 1.82) is 0 Å². The number of hydrogen-bond acceptors (Lipinski definition) is 5. The Balaban J connectivity index is 1.23. The predicted octanol–water partition coefficient (Wildman–Crippen LogP) is 3.06. The first-order valence-electron chi connectivity index (χ1n) is 13.5. The quantitative estimate of drug-likeness (QED) is 0.718. The van der Waals surface area contributed by atoms with E-state index in [4.69, 9.17) is 4.74 Å². The van der Waals surface area contributed by atoms with Crippen molar-refractivity contribution in [3.63, 3.8) is 0 Å². The first-order chi connectivity index (χ1) is 16.4. The number of ether oxygens (including phenoxy) is 1. The first kappa shape index (κ1) is 24.1. The van der Waals surface area contributed by atoms with Crippen molar-refractivity contribution in [2.24, 2.45) is 11.8 Å². The van der Waals surface area contributed by atoms with Gasteiger partial charge in [0.2, 0.25) is 5.91 Å². The van der Waals surface area contributed by atoms with Crippen molar-refractivity contribution in [2.75, 3.05) is 63.9 Å². The summed E-state index contributed by atoms with van der Waals surface area (Å²) in [5.74, 6) is 1.84. The summed E-state index contributed by atoms with van der Waals surface area (Å²) in [7, 11) is 0. The lowest BCUT2D eigenvalue weighted by molar-refractivity contribution is -0.132. The highest BCUT2D eigenvalue weighted by Gasteiger charge is 2.36. The molecule has 6 nitrogen and oxygen atoms in total. The number of carbonyl (C=O) groups excluding carboxylic acids is 1. The molecule has 1 amide bonds. The molecule has 4 aliphatic rings. The Morgan fingerprint density at radius 3 is 2.62 bits per heavy atom. The molecule has 6 heteroatoms. The van der Waals surface area contributed by atoms with Gasteiger partial charge in [0.1, 0.15) is 0 Å². The maximum atomic E-state index is 13.2. The van der Waals surface area contributed by atoms with Crippen molar-refractivity contribution in [3.05, 3.63) is 29.3 Å². The van der Waals surface area contributed by atoms with Gasteiger partial charge >= 0.3 is 0 Å². The maximum Gasteiger partial charge on any atom is 0.227 e. The molecule has 34 heavy (non-hydrogen) atoms. The van der Waals surface area contributed by atoms with Crippen LogP contribution in [0.15, 0.2) is 18.2 Å². The van der Waals surface area contributed by atoms with Crippen LogP contribution < -0.4 is 4.90 Å². The fourth-order valence-corrected chi connectivity index (χ4v) is 6.91. The molecule has 3 atom stereocenters. The van der Waals surface area contributed by atoms with E-state index >= 15 is 0 Å². The topological polar surface area (TPSA) is 56.2 Å². The SMILES string of the molecule is CC1(C)CN(C[C@H](O)CN2CCC3CCCCC3C2)C(=O)Cc2ccc(N3CCOCC3)cc21. The lowest BCUT2D eigenvalue weighted by atomic mass is 9.75. The molecule has 0 spiro atoms. The zero-order valence-corrected chi connectivity index (χ0v) is 21.2. The highest BCUT2D eigenvalue weighted by molar-refractivity contribution is 5.81. The summed E-state index contributed by atoms with van der Waals surface area (Å²) in [5.41, 5.74) is 3.45. The van der Waals surface area contributed by atoms with Gasteiger partial charge < -0.3 is 24.5 Å². The molecule has 2 unspecified atom stereocenters. The highest BCUT2D eigenvalue weighted by Crippen LogP contribution is 2.37. The van der Waals surface area contributed by atoms with Crippen molar-refractivity contribution in [3.8, 4) is 0 Å². The molecule has 1 aromatic carbocycles. The number of rotatable bonds is 5. The molecule has 3 heterocycles. The standard InChI is InChI=1S/C28H43N3O3/c1-28(2)20-31(19-25(32)18-29-10-9-21-5-3-4-6-23(21)17-29)27(33)15-22-7-8-24(16-26(22)28)30-11-13-34-14-12-30/h7-8,16,21,23,25,32H,3-6,9-15,17-20H2,1-2H3/t21?,23?,25-/m1/s1. The Morgan fingerprint density at radius 1 is 1.06 bits per heavy atom. The summed E-state index contributed by atoms with van der Waals surface area (Å²) in [5, 5.41) is 11.0. The van der Waals surface area contributed by atoms with Crippen molar-refractivity contribution in [1.82, 2.24) is 9.80 Å². The molecule has 3 aliphatic heterocycles.